The summed E-state index contributed by atoms with van der Waals surface area (Å²) in [7, 11) is 1.72. The highest BCUT2D eigenvalue weighted by Crippen LogP contribution is 2.09. The molecule has 0 saturated heterocycles. The first-order valence-corrected chi connectivity index (χ1v) is 6.12. The Bertz CT molecular complexity index is 313. The molecule has 1 N–H and O–H groups in total. The van der Waals surface area contributed by atoms with Crippen molar-refractivity contribution in [3.8, 4) is 0 Å². The number of hydrogen-bond donors (Lipinski definition) is 1. The predicted octanol–water partition coefficient (Wildman–Crippen LogP) is 2.35. The first kappa shape index (κ1) is 14.2. The van der Waals surface area contributed by atoms with E-state index in [1.54, 1.807) is 7.11 Å². The first-order valence-electron chi connectivity index (χ1n) is 6.12. The SMILES string of the molecule is COCc1ccccc1CNCCOC(C)C. The Morgan fingerprint density at radius 3 is 2.53 bits per heavy atom. The molecule has 0 unspecified atom stereocenters. The summed E-state index contributed by atoms with van der Waals surface area (Å²) < 4.78 is 10.6. The third kappa shape index (κ3) is 5.82. The minimum absolute atomic E-state index is 0.303. The van der Waals surface area contributed by atoms with Crippen molar-refractivity contribution in [1.29, 1.82) is 0 Å². The zero-order valence-electron chi connectivity index (χ0n) is 11.0. The summed E-state index contributed by atoms with van der Waals surface area (Å²) in [6, 6.07) is 8.33. The Balaban J connectivity index is 2.30. The summed E-state index contributed by atoms with van der Waals surface area (Å²) in [5.74, 6) is 0. The molecule has 1 aromatic carbocycles. The van der Waals surface area contributed by atoms with E-state index in [2.05, 4.69) is 23.5 Å². The Hall–Kier alpha value is -0.900. The van der Waals surface area contributed by atoms with Gasteiger partial charge in [-0.1, -0.05) is 24.3 Å². The van der Waals surface area contributed by atoms with E-state index in [0.717, 1.165) is 19.7 Å². The van der Waals surface area contributed by atoms with Crippen LogP contribution in [0.25, 0.3) is 0 Å². The molecule has 0 spiro atoms. The average Bonchev–Trinajstić information content (AvgIpc) is 2.31. The molecule has 0 atom stereocenters. The van der Waals surface area contributed by atoms with Crippen LogP contribution in [0.2, 0.25) is 0 Å². The maximum atomic E-state index is 5.47. The molecule has 0 aliphatic carbocycles. The Morgan fingerprint density at radius 2 is 1.88 bits per heavy atom. The number of rotatable bonds is 8. The minimum atomic E-state index is 0.303. The molecule has 0 aliphatic rings. The second kappa shape index (κ2) is 8.23. The average molecular weight is 237 g/mol. The lowest BCUT2D eigenvalue weighted by Crippen LogP contribution is -2.21. The highest BCUT2D eigenvalue weighted by atomic mass is 16.5. The lowest BCUT2D eigenvalue weighted by molar-refractivity contribution is 0.0807. The number of benzene rings is 1. The molecule has 0 amide bonds. The quantitative estimate of drug-likeness (QED) is 0.704. The van der Waals surface area contributed by atoms with Gasteiger partial charge in [-0.05, 0) is 25.0 Å². The molecule has 1 rings (SSSR count). The van der Waals surface area contributed by atoms with Crippen molar-refractivity contribution in [3.05, 3.63) is 35.4 Å². The fourth-order valence-electron chi connectivity index (χ4n) is 1.62. The summed E-state index contributed by atoms with van der Waals surface area (Å²) in [6.45, 7) is 7.26. The van der Waals surface area contributed by atoms with Crippen molar-refractivity contribution < 1.29 is 9.47 Å². The normalized spacial score (nSPS) is 11.1. The van der Waals surface area contributed by atoms with E-state index < -0.39 is 0 Å². The molecule has 0 heterocycles. The lowest BCUT2D eigenvalue weighted by Gasteiger charge is -2.11. The van der Waals surface area contributed by atoms with Crippen molar-refractivity contribution in [1.82, 2.24) is 5.32 Å². The van der Waals surface area contributed by atoms with Gasteiger partial charge in [0.25, 0.3) is 0 Å². The second-order valence-electron chi connectivity index (χ2n) is 4.30. The van der Waals surface area contributed by atoms with Crippen molar-refractivity contribution >= 4 is 0 Å². The van der Waals surface area contributed by atoms with Gasteiger partial charge in [-0.3, -0.25) is 0 Å². The van der Waals surface area contributed by atoms with Gasteiger partial charge in [-0.25, -0.2) is 0 Å². The number of hydrogen-bond acceptors (Lipinski definition) is 3. The van der Waals surface area contributed by atoms with Gasteiger partial charge in [-0.15, -0.1) is 0 Å². The molecule has 0 saturated carbocycles. The summed E-state index contributed by atoms with van der Waals surface area (Å²) in [5, 5.41) is 3.38. The van der Waals surface area contributed by atoms with Gasteiger partial charge < -0.3 is 14.8 Å². The van der Waals surface area contributed by atoms with Gasteiger partial charge in [0.15, 0.2) is 0 Å². The lowest BCUT2D eigenvalue weighted by atomic mass is 10.1. The summed E-state index contributed by atoms with van der Waals surface area (Å²) in [5.41, 5.74) is 2.53. The van der Waals surface area contributed by atoms with Crippen molar-refractivity contribution in [3.63, 3.8) is 0 Å². The van der Waals surface area contributed by atoms with E-state index in [-0.39, 0.29) is 0 Å². The van der Waals surface area contributed by atoms with E-state index in [9.17, 15) is 0 Å². The zero-order chi connectivity index (χ0) is 12.5. The van der Waals surface area contributed by atoms with Crippen LogP contribution in [0.15, 0.2) is 24.3 Å². The molecule has 0 fully saturated rings. The van der Waals surface area contributed by atoms with Gasteiger partial charge in [-0.2, -0.15) is 0 Å². The van der Waals surface area contributed by atoms with Crippen LogP contribution in [0, 0.1) is 0 Å². The molecule has 0 bridgehead atoms. The molecular weight excluding hydrogens is 214 g/mol. The summed E-state index contributed by atoms with van der Waals surface area (Å²) in [6.07, 6.45) is 0.303. The molecule has 0 aromatic heterocycles. The molecule has 3 heteroatoms. The largest absolute Gasteiger partial charge is 0.380 e. The van der Waals surface area contributed by atoms with E-state index in [4.69, 9.17) is 9.47 Å². The highest BCUT2D eigenvalue weighted by molar-refractivity contribution is 5.26. The molecule has 1 aromatic rings. The predicted molar refractivity (Wildman–Crippen MR) is 69.9 cm³/mol. The molecule has 17 heavy (non-hydrogen) atoms. The van der Waals surface area contributed by atoms with Crippen LogP contribution < -0.4 is 5.32 Å². The Labute approximate surface area is 104 Å². The van der Waals surface area contributed by atoms with Crippen molar-refractivity contribution in [2.45, 2.75) is 33.1 Å². The number of methoxy groups -OCH3 is 1. The van der Waals surface area contributed by atoms with Crippen molar-refractivity contribution in [2.24, 2.45) is 0 Å². The Morgan fingerprint density at radius 1 is 1.18 bits per heavy atom. The standard InChI is InChI=1S/C14H23NO2/c1-12(2)17-9-8-15-10-13-6-4-5-7-14(13)11-16-3/h4-7,12,15H,8-11H2,1-3H3. The van der Waals surface area contributed by atoms with E-state index in [1.807, 2.05) is 19.9 Å². The van der Waals surface area contributed by atoms with Gasteiger partial charge in [0, 0.05) is 20.2 Å². The van der Waals surface area contributed by atoms with E-state index in [1.165, 1.54) is 11.1 Å². The first-order chi connectivity index (χ1) is 8.24. The van der Waals surface area contributed by atoms with Crippen LogP contribution in [-0.2, 0) is 22.6 Å². The molecule has 3 nitrogen and oxygen atoms in total. The third-order valence-electron chi connectivity index (χ3n) is 2.46. The van der Waals surface area contributed by atoms with Crippen LogP contribution in [0.3, 0.4) is 0 Å². The summed E-state index contributed by atoms with van der Waals surface area (Å²) in [4.78, 5) is 0. The van der Waals surface area contributed by atoms with E-state index >= 15 is 0 Å². The smallest absolute Gasteiger partial charge is 0.0716 e. The zero-order valence-corrected chi connectivity index (χ0v) is 11.0. The molecule has 0 aliphatic heterocycles. The van der Waals surface area contributed by atoms with Crippen LogP contribution >= 0.6 is 0 Å². The Kier molecular flexibility index (Phi) is 6.86. The summed E-state index contributed by atoms with van der Waals surface area (Å²) >= 11 is 0. The van der Waals surface area contributed by atoms with Gasteiger partial charge >= 0.3 is 0 Å². The second-order valence-corrected chi connectivity index (χ2v) is 4.30. The molecule has 0 radical (unpaired) electrons. The highest BCUT2D eigenvalue weighted by Gasteiger charge is 2.00. The number of nitrogens with one attached hydrogen (secondary N) is 1. The van der Waals surface area contributed by atoms with Crippen molar-refractivity contribution in [2.75, 3.05) is 20.3 Å². The van der Waals surface area contributed by atoms with Crippen LogP contribution in [0.4, 0.5) is 0 Å². The van der Waals surface area contributed by atoms with E-state index in [0.29, 0.717) is 12.7 Å². The van der Waals surface area contributed by atoms with Crippen LogP contribution in [0.5, 0.6) is 0 Å². The third-order valence-corrected chi connectivity index (χ3v) is 2.46. The topological polar surface area (TPSA) is 30.5 Å². The van der Waals surface area contributed by atoms with Crippen LogP contribution in [0.1, 0.15) is 25.0 Å². The maximum Gasteiger partial charge on any atom is 0.0716 e. The number of ether oxygens (including phenoxy) is 2. The monoisotopic (exact) mass is 237 g/mol. The fourth-order valence-corrected chi connectivity index (χ4v) is 1.62. The molecular formula is C14H23NO2. The molecule has 96 valence electrons. The minimum Gasteiger partial charge on any atom is -0.380 e. The fraction of sp³-hybridized carbons (Fsp3) is 0.571. The van der Waals surface area contributed by atoms with Crippen LogP contribution in [-0.4, -0.2) is 26.4 Å². The maximum absolute atomic E-state index is 5.47. The van der Waals surface area contributed by atoms with Gasteiger partial charge in [0.2, 0.25) is 0 Å². The van der Waals surface area contributed by atoms with Gasteiger partial charge in [0.1, 0.15) is 0 Å². The van der Waals surface area contributed by atoms with Gasteiger partial charge in [0.05, 0.1) is 19.3 Å².